The van der Waals surface area contributed by atoms with Gasteiger partial charge in [0.2, 0.25) is 17.6 Å². The Bertz CT molecular complexity index is 1120. The number of carbonyl (C=O) groups excluding carboxylic acids is 2. The van der Waals surface area contributed by atoms with E-state index in [1.807, 2.05) is 27.7 Å². The van der Waals surface area contributed by atoms with Gasteiger partial charge in [-0.05, 0) is 69.2 Å². The van der Waals surface area contributed by atoms with E-state index in [1.165, 1.54) is 21.8 Å². The molecule has 2 amide bonds. The number of hydrogen-bond donors (Lipinski definition) is 1. The van der Waals surface area contributed by atoms with E-state index in [-0.39, 0.29) is 36.5 Å². The lowest BCUT2D eigenvalue weighted by molar-refractivity contribution is -0.143. The predicted octanol–water partition coefficient (Wildman–Crippen LogP) is 3.49. The third kappa shape index (κ3) is 6.72. The molecule has 9 nitrogen and oxygen atoms in total. The molecule has 1 atom stereocenters. The molecule has 0 aliphatic rings. The van der Waals surface area contributed by atoms with E-state index in [1.54, 1.807) is 31.2 Å². The highest BCUT2D eigenvalue weighted by Gasteiger charge is 2.31. The van der Waals surface area contributed by atoms with E-state index in [4.69, 9.17) is 4.42 Å². The third-order valence-corrected chi connectivity index (χ3v) is 5.02. The summed E-state index contributed by atoms with van der Waals surface area (Å²) in [5, 5.41) is 15.2. The second kappa shape index (κ2) is 10.6. The molecule has 0 aliphatic heterocycles. The summed E-state index contributed by atoms with van der Waals surface area (Å²) in [6, 6.07) is 8.67. The van der Waals surface area contributed by atoms with Crippen molar-refractivity contribution in [3.8, 4) is 11.6 Å². The Morgan fingerprint density at radius 1 is 1.18 bits per heavy atom. The van der Waals surface area contributed by atoms with Gasteiger partial charge in [0.1, 0.15) is 24.2 Å². The molecule has 0 saturated heterocycles. The maximum atomic E-state index is 13.4. The molecule has 182 valence electrons. The lowest BCUT2D eigenvalue weighted by Crippen LogP contribution is -2.54. The van der Waals surface area contributed by atoms with Crippen LogP contribution in [-0.2, 0) is 22.7 Å². The number of benzene rings is 1. The highest BCUT2D eigenvalue weighted by molar-refractivity contribution is 5.88. The summed E-state index contributed by atoms with van der Waals surface area (Å²) < 4.78 is 18.9. The Kier molecular flexibility index (Phi) is 7.80. The molecule has 0 spiro atoms. The Morgan fingerprint density at radius 2 is 1.88 bits per heavy atom. The van der Waals surface area contributed by atoms with Gasteiger partial charge >= 0.3 is 0 Å². The summed E-state index contributed by atoms with van der Waals surface area (Å²) >= 11 is 0. The van der Waals surface area contributed by atoms with Crippen LogP contribution in [0.25, 0.3) is 11.6 Å². The number of nitrogens with zero attached hydrogens (tertiary/aromatic N) is 5. The van der Waals surface area contributed by atoms with E-state index in [2.05, 4.69) is 20.7 Å². The van der Waals surface area contributed by atoms with E-state index in [0.29, 0.717) is 29.9 Å². The van der Waals surface area contributed by atoms with Crippen molar-refractivity contribution < 1.29 is 18.4 Å². The fourth-order valence-corrected chi connectivity index (χ4v) is 3.49. The van der Waals surface area contributed by atoms with E-state index < -0.39 is 11.6 Å². The molecule has 0 saturated carbocycles. The van der Waals surface area contributed by atoms with Crippen LogP contribution in [0.2, 0.25) is 0 Å². The van der Waals surface area contributed by atoms with Crippen molar-refractivity contribution in [1.29, 1.82) is 0 Å². The first kappa shape index (κ1) is 25.1. The highest BCUT2D eigenvalue weighted by Crippen LogP contribution is 2.18. The lowest BCUT2D eigenvalue weighted by atomic mass is 10.0. The second-order valence-corrected chi connectivity index (χ2v) is 9.25. The fraction of sp³-hybridized carbons (Fsp3) is 0.458. The smallest absolute Gasteiger partial charge is 0.247 e. The van der Waals surface area contributed by atoms with Crippen LogP contribution in [0, 0.1) is 12.7 Å². The molecule has 2 heterocycles. The molecule has 1 unspecified atom stereocenters. The van der Waals surface area contributed by atoms with Crippen molar-refractivity contribution >= 4 is 11.8 Å². The number of carbonyl (C=O) groups is 2. The van der Waals surface area contributed by atoms with Gasteiger partial charge in [-0.3, -0.25) is 9.59 Å². The average molecular weight is 471 g/mol. The zero-order chi connectivity index (χ0) is 24.9. The Morgan fingerprint density at radius 3 is 2.47 bits per heavy atom. The van der Waals surface area contributed by atoms with Gasteiger partial charge in [0.05, 0.1) is 0 Å². The van der Waals surface area contributed by atoms with Gasteiger partial charge in [-0.15, -0.1) is 10.2 Å². The van der Waals surface area contributed by atoms with Crippen molar-refractivity contribution in [2.24, 2.45) is 0 Å². The highest BCUT2D eigenvalue weighted by atomic mass is 19.1. The summed E-state index contributed by atoms with van der Waals surface area (Å²) in [6.07, 6.45) is 1.16. The number of tetrazole rings is 1. The number of furan rings is 1. The van der Waals surface area contributed by atoms with Gasteiger partial charge in [0, 0.05) is 12.1 Å². The molecule has 3 rings (SSSR count). The predicted molar refractivity (Wildman–Crippen MR) is 124 cm³/mol. The second-order valence-electron chi connectivity index (χ2n) is 9.25. The van der Waals surface area contributed by atoms with Gasteiger partial charge in [-0.1, -0.05) is 25.5 Å². The molecule has 10 heteroatoms. The number of aryl methyl sites for hydroxylation is 1. The molecule has 0 bridgehead atoms. The zero-order valence-electron chi connectivity index (χ0n) is 20.2. The average Bonchev–Trinajstić information content (AvgIpc) is 3.39. The Balaban J connectivity index is 1.86. The van der Waals surface area contributed by atoms with Crippen LogP contribution >= 0.6 is 0 Å². The summed E-state index contributed by atoms with van der Waals surface area (Å²) in [6.45, 7) is 9.35. The Hall–Kier alpha value is -3.56. The quantitative estimate of drug-likeness (QED) is 0.513. The van der Waals surface area contributed by atoms with E-state index in [0.717, 1.165) is 0 Å². The van der Waals surface area contributed by atoms with Crippen LogP contribution in [0.1, 0.15) is 51.9 Å². The maximum Gasteiger partial charge on any atom is 0.247 e. The molecule has 1 N–H and O–H groups in total. The number of hydrogen-bond acceptors (Lipinski definition) is 6. The summed E-state index contributed by atoms with van der Waals surface area (Å²) in [5.41, 5.74) is 0.245. The first-order valence-corrected chi connectivity index (χ1v) is 11.3. The molecule has 0 aliphatic carbocycles. The van der Waals surface area contributed by atoms with Gasteiger partial charge in [0.25, 0.3) is 0 Å². The number of rotatable bonds is 9. The zero-order valence-corrected chi connectivity index (χ0v) is 20.2. The first-order chi connectivity index (χ1) is 16.1. The summed E-state index contributed by atoms with van der Waals surface area (Å²) in [7, 11) is 0. The molecular weight excluding hydrogens is 439 g/mol. The van der Waals surface area contributed by atoms with Gasteiger partial charge in [0.15, 0.2) is 5.76 Å². The van der Waals surface area contributed by atoms with Crippen molar-refractivity contribution in [3.63, 3.8) is 0 Å². The van der Waals surface area contributed by atoms with Gasteiger partial charge < -0.3 is 14.6 Å². The standard InChI is InChI=1S/C24H31FN6O3/c1-6-7-19(23(33)26-24(3,4)5)30(14-17-9-11-18(25)12-10-17)21(32)15-31-28-22(27-29-31)20-13-8-16(2)34-20/h8-13,19H,6-7,14-15H2,1-5H3,(H,26,33). The van der Waals surface area contributed by atoms with Crippen molar-refractivity contribution in [2.45, 2.75) is 72.1 Å². The van der Waals surface area contributed by atoms with Crippen LogP contribution in [-0.4, -0.2) is 48.5 Å². The number of aromatic nitrogens is 4. The van der Waals surface area contributed by atoms with Crippen LogP contribution in [0.15, 0.2) is 40.8 Å². The minimum absolute atomic E-state index is 0.139. The molecule has 34 heavy (non-hydrogen) atoms. The van der Waals surface area contributed by atoms with Gasteiger partial charge in [-0.2, -0.15) is 4.80 Å². The normalized spacial score (nSPS) is 12.4. The fourth-order valence-electron chi connectivity index (χ4n) is 3.49. The summed E-state index contributed by atoms with van der Waals surface area (Å²) in [4.78, 5) is 29.3. The van der Waals surface area contributed by atoms with Gasteiger partial charge in [-0.25, -0.2) is 4.39 Å². The van der Waals surface area contributed by atoms with Crippen molar-refractivity contribution in [3.05, 3.63) is 53.5 Å². The minimum atomic E-state index is -0.711. The topological polar surface area (TPSA) is 106 Å². The summed E-state index contributed by atoms with van der Waals surface area (Å²) in [5.74, 6) is 0.453. The van der Waals surface area contributed by atoms with E-state index in [9.17, 15) is 14.0 Å². The number of nitrogens with one attached hydrogen (secondary N) is 1. The minimum Gasteiger partial charge on any atom is -0.458 e. The SMILES string of the molecule is CCCC(C(=O)NC(C)(C)C)N(Cc1ccc(F)cc1)C(=O)Cn1nnc(-c2ccc(C)o2)n1. The van der Waals surface area contributed by atoms with Crippen LogP contribution in [0.3, 0.4) is 0 Å². The lowest BCUT2D eigenvalue weighted by Gasteiger charge is -2.33. The van der Waals surface area contributed by atoms with Crippen LogP contribution in [0.4, 0.5) is 4.39 Å². The van der Waals surface area contributed by atoms with Crippen LogP contribution in [0.5, 0.6) is 0 Å². The van der Waals surface area contributed by atoms with Crippen LogP contribution < -0.4 is 5.32 Å². The maximum absolute atomic E-state index is 13.4. The number of amides is 2. The first-order valence-electron chi connectivity index (χ1n) is 11.3. The third-order valence-electron chi connectivity index (χ3n) is 5.02. The van der Waals surface area contributed by atoms with E-state index >= 15 is 0 Å². The molecule has 3 aromatic rings. The molecule has 0 radical (unpaired) electrons. The molecule has 1 aromatic carbocycles. The molecular formula is C24H31FN6O3. The largest absolute Gasteiger partial charge is 0.458 e. The number of halogens is 1. The molecule has 2 aromatic heterocycles. The monoisotopic (exact) mass is 470 g/mol. The van der Waals surface area contributed by atoms with Crippen molar-refractivity contribution in [2.75, 3.05) is 0 Å². The van der Waals surface area contributed by atoms with Crippen molar-refractivity contribution in [1.82, 2.24) is 30.4 Å². The Labute approximate surface area is 198 Å². The molecule has 0 fully saturated rings.